The maximum absolute atomic E-state index is 14.4. The lowest BCUT2D eigenvalue weighted by Gasteiger charge is -2.17. The molecule has 0 radical (unpaired) electrons. The molecule has 35 heavy (non-hydrogen) atoms. The second-order valence-corrected chi connectivity index (χ2v) is 8.25. The van der Waals surface area contributed by atoms with Gasteiger partial charge >= 0.3 is 0 Å². The van der Waals surface area contributed by atoms with E-state index < -0.39 is 11.6 Å². The first-order valence-electron chi connectivity index (χ1n) is 10.9. The van der Waals surface area contributed by atoms with Crippen LogP contribution >= 0.6 is 0 Å². The fraction of sp³-hybridized carbons (Fsp3) is 0.192. The lowest BCUT2D eigenvalue weighted by molar-refractivity contribution is -0.139. The molecule has 3 heterocycles. The minimum atomic E-state index is -0.836. The number of carbonyl (C=O) groups excluding carboxylic acids is 2. The Morgan fingerprint density at radius 2 is 1.71 bits per heavy atom. The maximum Gasteiger partial charge on any atom is 0.238 e. The molecule has 0 bridgehead atoms. The molecule has 2 aromatic carbocycles. The minimum absolute atomic E-state index is 0.117. The fourth-order valence-electron chi connectivity index (χ4n) is 4.32. The molecule has 0 spiro atoms. The van der Waals surface area contributed by atoms with Crippen LogP contribution in [0.4, 0.5) is 8.78 Å². The van der Waals surface area contributed by atoms with Crippen molar-refractivity contribution in [3.63, 3.8) is 0 Å². The number of imide groups is 1. The van der Waals surface area contributed by atoms with Gasteiger partial charge in [-0.05, 0) is 35.9 Å². The molecule has 9 heteroatoms. The molecule has 0 atom stereocenters. The van der Waals surface area contributed by atoms with E-state index in [0.29, 0.717) is 22.8 Å². The zero-order chi connectivity index (χ0) is 24.7. The topological polar surface area (TPSA) is 73.7 Å². The van der Waals surface area contributed by atoms with Crippen LogP contribution in [0.3, 0.4) is 0 Å². The Labute approximate surface area is 199 Å². The molecule has 1 aliphatic rings. The van der Waals surface area contributed by atoms with E-state index in [4.69, 9.17) is 9.47 Å². The summed E-state index contributed by atoms with van der Waals surface area (Å²) < 4.78 is 41.0. The lowest BCUT2D eigenvalue weighted by Crippen LogP contribution is -2.28. The highest BCUT2D eigenvalue weighted by Gasteiger charge is 2.29. The van der Waals surface area contributed by atoms with Crippen LogP contribution in [-0.2, 0) is 23.2 Å². The number of halogens is 2. The van der Waals surface area contributed by atoms with E-state index in [0.717, 1.165) is 28.6 Å². The number of methoxy groups -OCH3 is 1. The van der Waals surface area contributed by atoms with Crippen LogP contribution < -0.4 is 9.47 Å². The maximum atomic E-state index is 14.4. The highest BCUT2D eigenvalue weighted by Crippen LogP contribution is 2.41. The van der Waals surface area contributed by atoms with Crippen molar-refractivity contribution in [2.75, 3.05) is 7.11 Å². The Morgan fingerprint density at radius 1 is 0.971 bits per heavy atom. The number of aromatic nitrogens is 2. The Hall–Kier alpha value is -4.27. The SMILES string of the molecule is COc1nccc2c(-c3cc(CN4C(=O)CCC4=O)ccc3Oc3ccc(F)cc3F)cn(C)c12. The number of fused-ring (bicyclic) bond motifs is 1. The van der Waals surface area contributed by atoms with E-state index in [1.54, 1.807) is 24.4 Å². The Balaban J connectivity index is 1.65. The van der Waals surface area contributed by atoms with Gasteiger partial charge in [-0.25, -0.2) is 13.8 Å². The third-order valence-electron chi connectivity index (χ3n) is 5.99. The summed E-state index contributed by atoms with van der Waals surface area (Å²) in [5, 5.41) is 0.814. The van der Waals surface area contributed by atoms with Crippen LogP contribution in [0.2, 0.25) is 0 Å². The Bertz CT molecular complexity index is 1470. The van der Waals surface area contributed by atoms with E-state index in [2.05, 4.69) is 4.98 Å². The molecule has 1 aliphatic heterocycles. The summed E-state index contributed by atoms with van der Waals surface area (Å²) in [6, 6.07) is 10.1. The summed E-state index contributed by atoms with van der Waals surface area (Å²) >= 11 is 0. The van der Waals surface area contributed by atoms with Crippen LogP contribution in [0.1, 0.15) is 18.4 Å². The van der Waals surface area contributed by atoms with Gasteiger partial charge in [0.05, 0.1) is 13.7 Å². The first kappa shape index (κ1) is 22.5. The second-order valence-electron chi connectivity index (χ2n) is 8.25. The van der Waals surface area contributed by atoms with Crippen LogP contribution in [-0.4, -0.2) is 33.4 Å². The normalized spacial score (nSPS) is 13.7. The molecule has 1 saturated heterocycles. The highest BCUT2D eigenvalue weighted by atomic mass is 19.1. The highest BCUT2D eigenvalue weighted by molar-refractivity contribution is 6.02. The second kappa shape index (κ2) is 8.83. The molecule has 1 fully saturated rings. The quantitative estimate of drug-likeness (QED) is 0.367. The zero-order valence-corrected chi connectivity index (χ0v) is 19.0. The van der Waals surface area contributed by atoms with Gasteiger partial charge in [-0.15, -0.1) is 0 Å². The average Bonchev–Trinajstić information content (AvgIpc) is 3.35. The number of ether oxygens (including phenoxy) is 2. The number of pyridine rings is 1. The predicted octanol–water partition coefficient (Wildman–Crippen LogP) is 4.97. The smallest absolute Gasteiger partial charge is 0.238 e. The van der Waals surface area contributed by atoms with Crippen molar-refractivity contribution in [3.8, 4) is 28.5 Å². The largest absolute Gasteiger partial charge is 0.479 e. The number of likely N-dealkylation sites (tertiary alicyclic amines) is 1. The summed E-state index contributed by atoms with van der Waals surface area (Å²) in [6.45, 7) is 0.117. The van der Waals surface area contributed by atoms with Crippen LogP contribution in [0.15, 0.2) is 54.9 Å². The van der Waals surface area contributed by atoms with E-state index in [-0.39, 0.29) is 37.0 Å². The molecule has 0 N–H and O–H groups in total. The van der Waals surface area contributed by atoms with Gasteiger partial charge in [0.25, 0.3) is 0 Å². The van der Waals surface area contributed by atoms with Crippen molar-refractivity contribution in [2.24, 2.45) is 7.05 Å². The number of benzene rings is 2. The summed E-state index contributed by atoms with van der Waals surface area (Å²) in [6.07, 6.45) is 3.89. The van der Waals surface area contributed by atoms with Gasteiger partial charge in [-0.1, -0.05) is 6.07 Å². The van der Waals surface area contributed by atoms with Gasteiger partial charge in [0.1, 0.15) is 17.1 Å². The molecule has 2 aromatic heterocycles. The van der Waals surface area contributed by atoms with E-state index in [1.165, 1.54) is 18.1 Å². The Kier molecular flexibility index (Phi) is 5.68. The molecule has 0 saturated carbocycles. The van der Waals surface area contributed by atoms with E-state index >= 15 is 0 Å². The van der Waals surface area contributed by atoms with Gasteiger partial charge < -0.3 is 14.0 Å². The van der Waals surface area contributed by atoms with Crippen molar-refractivity contribution < 1.29 is 27.8 Å². The number of aryl methyl sites for hydroxylation is 1. The summed E-state index contributed by atoms with van der Waals surface area (Å²) in [5.41, 5.74) is 2.80. The first-order valence-corrected chi connectivity index (χ1v) is 10.9. The molecule has 0 unspecified atom stereocenters. The summed E-state index contributed by atoms with van der Waals surface area (Å²) in [5.74, 6) is -1.35. The third-order valence-corrected chi connectivity index (χ3v) is 5.99. The van der Waals surface area contributed by atoms with Crippen molar-refractivity contribution in [1.82, 2.24) is 14.5 Å². The molecule has 5 rings (SSSR count). The van der Waals surface area contributed by atoms with Gasteiger partial charge in [0.2, 0.25) is 17.7 Å². The van der Waals surface area contributed by atoms with Gasteiger partial charge in [-0.3, -0.25) is 14.5 Å². The number of carbonyl (C=O) groups is 2. The molecule has 7 nitrogen and oxygen atoms in total. The van der Waals surface area contributed by atoms with Gasteiger partial charge in [0, 0.05) is 54.9 Å². The molecular weight excluding hydrogens is 456 g/mol. The molecule has 0 aliphatic carbocycles. The average molecular weight is 477 g/mol. The summed E-state index contributed by atoms with van der Waals surface area (Å²) in [7, 11) is 3.38. The molecular formula is C26H21F2N3O4. The van der Waals surface area contributed by atoms with Crippen LogP contribution in [0, 0.1) is 11.6 Å². The van der Waals surface area contributed by atoms with Crippen molar-refractivity contribution in [3.05, 3.63) is 72.1 Å². The van der Waals surface area contributed by atoms with Crippen molar-refractivity contribution in [1.29, 1.82) is 0 Å². The zero-order valence-electron chi connectivity index (χ0n) is 19.0. The number of hydrogen-bond donors (Lipinski definition) is 0. The van der Waals surface area contributed by atoms with Crippen LogP contribution in [0.25, 0.3) is 22.0 Å². The van der Waals surface area contributed by atoms with E-state index in [1.807, 2.05) is 23.9 Å². The van der Waals surface area contributed by atoms with Crippen molar-refractivity contribution >= 4 is 22.7 Å². The standard InChI is InChI=1S/C26H21F2N3O4/c1-30-14-19(17-9-10-29-26(34-2)25(17)30)18-11-15(13-31-23(32)7-8-24(31)33)3-5-21(18)35-22-6-4-16(27)12-20(22)28/h3-6,9-12,14H,7-8,13H2,1-2H3. The van der Waals surface area contributed by atoms with Crippen molar-refractivity contribution in [2.45, 2.75) is 19.4 Å². The molecule has 178 valence electrons. The van der Waals surface area contributed by atoms with E-state index in [9.17, 15) is 18.4 Å². The number of amides is 2. The first-order chi connectivity index (χ1) is 16.9. The monoisotopic (exact) mass is 477 g/mol. The minimum Gasteiger partial charge on any atom is -0.479 e. The van der Waals surface area contributed by atoms with Gasteiger partial charge in [0.15, 0.2) is 11.6 Å². The molecule has 2 amide bonds. The fourth-order valence-corrected chi connectivity index (χ4v) is 4.32. The van der Waals surface area contributed by atoms with Gasteiger partial charge in [-0.2, -0.15) is 0 Å². The Morgan fingerprint density at radius 3 is 2.43 bits per heavy atom. The third kappa shape index (κ3) is 4.09. The summed E-state index contributed by atoms with van der Waals surface area (Å²) in [4.78, 5) is 29.8. The van der Waals surface area contributed by atoms with Crippen LogP contribution in [0.5, 0.6) is 17.4 Å². The lowest BCUT2D eigenvalue weighted by atomic mass is 10.0. The predicted molar refractivity (Wildman–Crippen MR) is 124 cm³/mol. The number of rotatable bonds is 6. The number of nitrogens with zero attached hydrogens (tertiary/aromatic N) is 3. The number of hydrogen-bond acceptors (Lipinski definition) is 5. The molecule has 4 aromatic rings.